The Morgan fingerprint density at radius 2 is 1.73 bits per heavy atom. The van der Waals surface area contributed by atoms with E-state index in [2.05, 4.69) is 17.2 Å². The van der Waals surface area contributed by atoms with Gasteiger partial charge in [0, 0.05) is 6.54 Å². The predicted molar refractivity (Wildman–Crippen MR) is 99.8 cm³/mol. The number of methoxy groups -OCH3 is 3. The molecule has 0 saturated carbocycles. The van der Waals surface area contributed by atoms with Crippen molar-refractivity contribution in [2.75, 3.05) is 27.9 Å². The standard InChI is InChI=1S/C15H25N3O3.HI/c1-5-6-7-17-15(16)18-10-11-8-12(19-2)14(21-4)13(9-11)20-3;/h8-9H,5-7,10H2,1-4H3,(H3,16,17,18);1H. The van der Waals surface area contributed by atoms with Crippen molar-refractivity contribution in [3.63, 3.8) is 0 Å². The van der Waals surface area contributed by atoms with Crippen molar-refractivity contribution in [1.82, 2.24) is 5.32 Å². The summed E-state index contributed by atoms with van der Waals surface area (Å²) in [5.41, 5.74) is 6.75. The Morgan fingerprint density at radius 1 is 1.14 bits per heavy atom. The molecule has 0 fully saturated rings. The summed E-state index contributed by atoms with van der Waals surface area (Å²) in [5.74, 6) is 2.23. The van der Waals surface area contributed by atoms with Crippen LogP contribution in [-0.4, -0.2) is 33.8 Å². The molecule has 126 valence electrons. The molecular formula is C15H26IN3O3. The third-order valence-electron chi connectivity index (χ3n) is 2.99. The van der Waals surface area contributed by atoms with Gasteiger partial charge in [-0.3, -0.25) is 0 Å². The Hall–Kier alpha value is -1.38. The number of guanidine groups is 1. The molecule has 1 rings (SSSR count). The monoisotopic (exact) mass is 423 g/mol. The zero-order valence-electron chi connectivity index (χ0n) is 13.6. The SMILES string of the molecule is CCCCNC(N)=NCc1cc(OC)c(OC)c(OC)c1.I. The summed E-state index contributed by atoms with van der Waals surface area (Å²) < 4.78 is 15.9. The second-order valence-corrected chi connectivity index (χ2v) is 4.52. The van der Waals surface area contributed by atoms with Gasteiger partial charge in [0.25, 0.3) is 0 Å². The predicted octanol–water partition coefficient (Wildman–Crippen LogP) is 2.53. The number of hydrogen-bond acceptors (Lipinski definition) is 4. The molecule has 0 saturated heterocycles. The molecule has 1 aromatic rings. The first kappa shape index (κ1) is 20.6. The van der Waals surface area contributed by atoms with Crippen LogP contribution in [0.1, 0.15) is 25.3 Å². The summed E-state index contributed by atoms with van der Waals surface area (Å²) in [5, 5.41) is 3.07. The molecule has 0 radical (unpaired) electrons. The van der Waals surface area contributed by atoms with Gasteiger partial charge in [-0.15, -0.1) is 24.0 Å². The van der Waals surface area contributed by atoms with E-state index in [4.69, 9.17) is 19.9 Å². The summed E-state index contributed by atoms with van der Waals surface area (Å²) in [6.07, 6.45) is 2.19. The molecule has 0 aromatic heterocycles. The van der Waals surface area contributed by atoms with E-state index in [1.807, 2.05) is 12.1 Å². The molecule has 22 heavy (non-hydrogen) atoms. The fourth-order valence-corrected chi connectivity index (χ4v) is 1.85. The number of aliphatic imine (C=N–C) groups is 1. The van der Waals surface area contributed by atoms with Crippen LogP contribution in [0.25, 0.3) is 0 Å². The molecule has 0 aliphatic rings. The molecule has 0 unspecified atom stereocenters. The molecular weight excluding hydrogens is 397 g/mol. The van der Waals surface area contributed by atoms with Crippen molar-refractivity contribution >= 4 is 29.9 Å². The lowest BCUT2D eigenvalue weighted by Crippen LogP contribution is -2.32. The van der Waals surface area contributed by atoms with Gasteiger partial charge >= 0.3 is 0 Å². The maximum Gasteiger partial charge on any atom is 0.203 e. The Labute approximate surface area is 149 Å². The van der Waals surface area contributed by atoms with E-state index in [0.29, 0.717) is 29.8 Å². The highest BCUT2D eigenvalue weighted by atomic mass is 127. The van der Waals surface area contributed by atoms with Crippen LogP contribution in [0.4, 0.5) is 0 Å². The number of benzene rings is 1. The number of nitrogens with one attached hydrogen (secondary N) is 1. The third-order valence-corrected chi connectivity index (χ3v) is 2.99. The molecule has 0 atom stereocenters. The first-order chi connectivity index (χ1) is 10.2. The second-order valence-electron chi connectivity index (χ2n) is 4.52. The van der Waals surface area contributed by atoms with Gasteiger partial charge in [-0.25, -0.2) is 4.99 Å². The van der Waals surface area contributed by atoms with Crippen molar-refractivity contribution in [2.45, 2.75) is 26.3 Å². The summed E-state index contributed by atoms with van der Waals surface area (Å²) >= 11 is 0. The highest BCUT2D eigenvalue weighted by Crippen LogP contribution is 2.38. The minimum Gasteiger partial charge on any atom is -0.493 e. The van der Waals surface area contributed by atoms with Gasteiger partial charge in [0.15, 0.2) is 17.5 Å². The maximum atomic E-state index is 5.81. The zero-order valence-corrected chi connectivity index (χ0v) is 16.0. The van der Waals surface area contributed by atoms with Crippen LogP contribution in [0.3, 0.4) is 0 Å². The highest BCUT2D eigenvalue weighted by Gasteiger charge is 2.12. The minimum absolute atomic E-state index is 0. The second kappa shape index (κ2) is 11.2. The first-order valence-corrected chi connectivity index (χ1v) is 6.98. The molecule has 0 spiro atoms. The van der Waals surface area contributed by atoms with E-state index in [-0.39, 0.29) is 24.0 Å². The van der Waals surface area contributed by atoms with Gasteiger partial charge in [-0.1, -0.05) is 13.3 Å². The average Bonchev–Trinajstić information content (AvgIpc) is 2.51. The smallest absolute Gasteiger partial charge is 0.203 e. The van der Waals surface area contributed by atoms with Crippen molar-refractivity contribution in [3.05, 3.63) is 17.7 Å². The maximum absolute atomic E-state index is 5.81. The van der Waals surface area contributed by atoms with Crippen LogP contribution in [0.2, 0.25) is 0 Å². The van der Waals surface area contributed by atoms with Gasteiger partial charge in [0.2, 0.25) is 5.75 Å². The Balaban J connectivity index is 0.00000441. The third kappa shape index (κ3) is 6.17. The van der Waals surface area contributed by atoms with E-state index in [1.165, 1.54) is 0 Å². The number of ether oxygens (including phenoxy) is 3. The van der Waals surface area contributed by atoms with Gasteiger partial charge in [-0.2, -0.15) is 0 Å². The minimum atomic E-state index is 0. The highest BCUT2D eigenvalue weighted by molar-refractivity contribution is 14.0. The van der Waals surface area contributed by atoms with Gasteiger partial charge in [-0.05, 0) is 24.1 Å². The number of nitrogens with two attached hydrogens (primary N) is 1. The summed E-state index contributed by atoms with van der Waals surface area (Å²) in [7, 11) is 4.75. The van der Waals surface area contributed by atoms with E-state index >= 15 is 0 Å². The largest absolute Gasteiger partial charge is 0.493 e. The molecule has 0 amide bonds. The lowest BCUT2D eigenvalue weighted by molar-refractivity contribution is 0.324. The Morgan fingerprint density at radius 3 is 2.18 bits per heavy atom. The first-order valence-electron chi connectivity index (χ1n) is 6.98. The fourth-order valence-electron chi connectivity index (χ4n) is 1.85. The number of halogens is 1. The quantitative estimate of drug-likeness (QED) is 0.291. The van der Waals surface area contributed by atoms with Crippen LogP contribution >= 0.6 is 24.0 Å². The van der Waals surface area contributed by atoms with Crippen LogP contribution in [-0.2, 0) is 6.54 Å². The fraction of sp³-hybridized carbons (Fsp3) is 0.533. The van der Waals surface area contributed by atoms with Crippen LogP contribution in [0.5, 0.6) is 17.2 Å². The lowest BCUT2D eigenvalue weighted by Gasteiger charge is -2.13. The molecule has 0 heterocycles. The molecule has 7 heteroatoms. The number of rotatable bonds is 8. The summed E-state index contributed by atoms with van der Waals surface area (Å²) in [6, 6.07) is 3.73. The number of nitrogens with zero attached hydrogens (tertiary/aromatic N) is 1. The lowest BCUT2D eigenvalue weighted by atomic mass is 10.2. The molecule has 0 aliphatic heterocycles. The summed E-state index contributed by atoms with van der Waals surface area (Å²) in [6.45, 7) is 3.41. The molecule has 0 bridgehead atoms. The molecule has 0 aliphatic carbocycles. The van der Waals surface area contributed by atoms with Crippen molar-refractivity contribution < 1.29 is 14.2 Å². The topological polar surface area (TPSA) is 78.1 Å². The van der Waals surface area contributed by atoms with E-state index in [0.717, 1.165) is 24.9 Å². The molecule has 6 nitrogen and oxygen atoms in total. The molecule has 1 aromatic carbocycles. The van der Waals surface area contributed by atoms with Crippen LogP contribution < -0.4 is 25.3 Å². The van der Waals surface area contributed by atoms with Gasteiger partial charge in [0.05, 0.1) is 27.9 Å². The van der Waals surface area contributed by atoms with Gasteiger partial charge in [0.1, 0.15) is 0 Å². The van der Waals surface area contributed by atoms with Crippen molar-refractivity contribution in [3.8, 4) is 17.2 Å². The average molecular weight is 423 g/mol. The summed E-state index contributed by atoms with van der Waals surface area (Å²) in [4.78, 5) is 4.30. The van der Waals surface area contributed by atoms with Crippen molar-refractivity contribution in [1.29, 1.82) is 0 Å². The number of hydrogen-bond donors (Lipinski definition) is 2. The normalized spacial score (nSPS) is 10.6. The van der Waals surface area contributed by atoms with Crippen LogP contribution in [0, 0.1) is 0 Å². The van der Waals surface area contributed by atoms with E-state index in [1.54, 1.807) is 21.3 Å². The van der Waals surface area contributed by atoms with E-state index in [9.17, 15) is 0 Å². The van der Waals surface area contributed by atoms with Crippen molar-refractivity contribution in [2.24, 2.45) is 10.7 Å². The van der Waals surface area contributed by atoms with E-state index < -0.39 is 0 Å². The van der Waals surface area contributed by atoms with Gasteiger partial charge < -0.3 is 25.3 Å². The molecule has 3 N–H and O–H groups in total. The van der Waals surface area contributed by atoms with Crippen LogP contribution in [0.15, 0.2) is 17.1 Å². The Bertz CT molecular complexity index is 456. The Kier molecular flexibility index (Phi) is 10.5. The zero-order chi connectivity index (χ0) is 15.7. The number of unbranched alkanes of at least 4 members (excludes halogenated alkanes) is 1.